The average molecular weight is 521 g/mol. The lowest BCUT2D eigenvalue weighted by molar-refractivity contribution is 0.0954. The predicted molar refractivity (Wildman–Crippen MR) is 129 cm³/mol. The van der Waals surface area contributed by atoms with Crippen molar-refractivity contribution >= 4 is 35.8 Å². The van der Waals surface area contributed by atoms with Crippen molar-refractivity contribution in [2.75, 3.05) is 67.1 Å². The molecule has 1 aromatic rings. The molecular weight excluding hydrogens is 485 g/mol. The summed E-state index contributed by atoms with van der Waals surface area (Å²) in [5, 5.41) is 9.34. The standard InChI is InChI=1S/C20H35N5O3.HI/c1-5-21-20(24-13-15-25(2)14-6-16-27-3)23-12-11-22-19(26)17-7-9-18(28-4)10-8-17;/h7-10H,5-6,11-16H2,1-4H3,(H,22,26)(H2,21,23,24);1H. The van der Waals surface area contributed by atoms with Gasteiger partial charge in [-0.2, -0.15) is 0 Å². The Morgan fingerprint density at radius 1 is 1.07 bits per heavy atom. The van der Waals surface area contributed by atoms with Crippen molar-refractivity contribution in [1.29, 1.82) is 0 Å². The van der Waals surface area contributed by atoms with Crippen LogP contribution in [0.5, 0.6) is 5.75 Å². The Bertz CT molecular complexity index is 584. The van der Waals surface area contributed by atoms with Gasteiger partial charge < -0.3 is 30.3 Å². The van der Waals surface area contributed by atoms with Crippen LogP contribution in [0.1, 0.15) is 23.7 Å². The van der Waals surface area contributed by atoms with Gasteiger partial charge in [-0.15, -0.1) is 24.0 Å². The van der Waals surface area contributed by atoms with E-state index in [4.69, 9.17) is 9.47 Å². The molecule has 0 saturated carbocycles. The summed E-state index contributed by atoms with van der Waals surface area (Å²) in [4.78, 5) is 18.9. The number of ether oxygens (including phenoxy) is 2. The number of carbonyl (C=O) groups is 1. The molecule has 0 aliphatic heterocycles. The number of likely N-dealkylation sites (N-methyl/N-ethyl adjacent to an activating group) is 1. The van der Waals surface area contributed by atoms with Gasteiger partial charge in [0.1, 0.15) is 5.75 Å². The van der Waals surface area contributed by atoms with E-state index in [1.807, 2.05) is 6.92 Å². The summed E-state index contributed by atoms with van der Waals surface area (Å²) in [5.41, 5.74) is 0.609. The zero-order valence-corrected chi connectivity index (χ0v) is 20.3. The Hall–Kier alpha value is -1.59. The minimum atomic E-state index is -0.107. The smallest absolute Gasteiger partial charge is 0.251 e. The molecule has 9 heteroatoms. The van der Waals surface area contributed by atoms with Crippen LogP contribution in [0.25, 0.3) is 0 Å². The van der Waals surface area contributed by atoms with Gasteiger partial charge in [0, 0.05) is 52.0 Å². The first-order chi connectivity index (χ1) is 13.6. The summed E-state index contributed by atoms with van der Waals surface area (Å²) >= 11 is 0. The summed E-state index contributed by atoms with van der Waals surface area (Å²) in [5.74, 6) is 1.38. The Balaban J connectivity index is 0.00000784. The Kier molecular flexibility index (Phi) is 16.3. The van der Waals surface area contributed by atoms with Crippen LogP contribution in [-0.4, -0.2) is 83.9 Å². The number of hydrogen-bond donors (Lipinski definition) is 3. The molecule has 166 valence electrons. The summed E-state index contributed by atoms with van der Waals surface area (Å²) in [6.07, 6.45) is 1.02. The third kappa shape index (κ3) is 12.6. The van der Waals surface area contributed by atoms with Gasteiger partial charge in [-0.1, -0.05) is 0 Å². The topological polar surface area (TPSA) is 87.2 Å². The van der Waals surface area contributed by atoms with Crippen LogP contribution in [0.4, 0.5) is 0 Å². The molecule has 1 amide bonds. The van der Waals surface area contributed by atoms with E-state index in [2.05, 4.69) is 32.9 Å². The van der Waals surface area contributed by atoms with Gasteiger partial charge in [-0.25, -0.2) is 0 Å². The molecule has 0 aliphatic carbocycles. The molecule has 0 aliphatic rings. The lowest BCUT2D eigenvalue weighted by atomic mass is 10.2. The lowest BCUT2D eigenvalue weighted by Gasteiger charge is -2.16. The maximum atomic E-state index is 12.1. The Morgan fingerprint density at radius 3 is 2.38 bits per heavy atom. The van der Waals surface area contributed by atoms with E-state index in [9.17, 15) is 4.79 Å². The first kappa shape index (κ1) is 27.4. The summed E-state index contributed by atoms with van der Waals surface area (Å²) in [6, 6.07) is 7.04. The highest BCUT2D eigenvalue weighted by Crippen LogP contribution is 2.10. The van der Waals surface area contributed by atoms with Crippen molar-refractivity contribution in [1.82, 2.24) is 20.9 Å². The van der Waals surface area contributed by atoms with Crippen LogP contribution < -0.4 is 20.7 Å². The van der Waals surface area contributed by atoms with Gasteiger partial charge in [0.15, 0.2) is 5.96 Å². The number of hydrogen-bond acceptors (Lipinski definition) is 5. The van der Waals surface area contributed by atoms with Crippen LogP contribution >= 0.6 is 24.0 Å². The lowest BCUT2D eigenvalue weighted by Crippen LogP contribution is -2.42. The fraction of sp³-hybridized carbons (Fsp3) is 0.600. The van der Waals surface area contributed by atoms with Crippen LogP contribution in [-0.2, 0) is 4.74 Å². The molecule has 0 atom stereocenters. The molecule has 1 aromatic carbocycles. The molecule has 8 nitrogen and oxygen atoms in total. The number of aliphatic imine (C=N–C) groups is 1. The number of carbonyl (C=O) groups excluding carboxylic acids is 1. The van der Waals surface area contributed by atoms with Gasteiger partial charge in [-0.05, 0) is 44.7 Å². The van der Waals surface area contributed by atoms with E-state index >= 15 is 0 Å². The van der Waals surface area contributed by atoms with E-state index in [0.29, 0.717) is 25.2 Å². The number of amides is 1. The Labute approximate surface area is 191 Å². The van der Waals surface area contributed by atoms with E-state index in [1.54, 1.807) is 38.5 Å². The van der Waals surface area contributed by atoms with Crippen LogP contribution in [0, 0.1) is 0 Å². The SMILES string of the molecule is CCNC(=NCCN(C)CCCOC)NCCNC(=O)c1ccc(OC)cc1.I. The minimum absolute atomic E-state index is 0. The first-order valence-corrected chi connectivity index (χ1v) is 9.72. The fourth-order valence-corrected chi connectivity index (χ4v) is 2.47. The van der Waals surface area contributed by atoms with Crippen molar-refractivity contribution in [3.8, 4) is 5.75 Å². The quantitative estimate of drug-likeness (QED) is 0.158. The van der Waals surface area contributed by atoms with Crippen molar-refractivity contribution in [3.05, 3.63) is 29.8 Å². The summed E-state index contributed by atoms with van der Waals surface area (Å²) < 4.78 is 10.2. The first-order valence-electron chi connectivity index (χ1n) is 9.72. The molecule has 0 heterocycles. The average Bonchev–Trinajstić information content (AvgIpc) is 2.71. The van der Waals surface area contributed by atoms with E-state index in [0.717, 1.165) is 44.4 Å². The molecule has 0 bridgehead atoms. The predicted octanol–water partition coefficient (Wildman–Crippen LogP) is 1.57. The largest absolute Gasteiger partial charge is 0.497 e. The molecule has 0 aromatic heterocycles. The second kappa shape index (κ2) is 17.3. The highest BCUT2D eigenvalue weighted by Gasteiger charge is 2.05. The molecule has 0 unspecified atom stereocenters. The van der Waals surface area contributed by atoms with Crippen LogP contribution in [0.3, 0.4) is 0 Å². The summed E-state index contributed by atoms with van der Waals surface area (Å²) in [6.45, 7) is 7.27. The number of halogens is 1. The van der Waals surface area contributed by atoms with Gasteiger partial charge in [0.2, 0.25) is 0 Å². The number of nitrogens with zero attached hydrogens (tertiary/aromatic N) is 2. The highest BCUT2D eigenvalue weighted by atomic mass is 127. The maximum Gasteiger partial charge on any atom is 0.251 e. The van der Waals surface area contributed by atoms with Gasteiger partial charge in [0.25, 0.3) is 5.91 Å². The number of guanidine groups is 1. The minimum Gasteiger partial charge on any atom is -0.497 e. The van der Waals surface area contributed by atoms with E-state index in [1.165, 1.54) is 0 Å². The number of methoxy groups -OCH3 is 2. The van der Waals surface area contributed by atoms with Crippen molar-refractivity contribution in [2.45, 2.75) is 13.3 Å². The van der Waals surface area contributed by atoms with E-state index < -0.39 is 0 Å². The third-order valence-electron chi connectivity index (χ3n) is 4.04. The zero-order valence-electron chi connectivity index (χ0n) is 18.0. The van der Waals surface area contributed by atoms with Crippen molar-refractivity contribution in [3.63, 3.8) is 0 Å². The van der Waals surface area contributed by atoms with Crippen molar-refractivity contribution in [2.24, 2.45) is 4.99 Å². The second-order valence-corrected chi connectivity index (χ2v) is 6.32. The van der Waals surface area contributed by atoms with Crippen LogP contribution in [0.2, 0.25) is 0 Å². The van der Waals surface area contributed by atoms with Gasteiger partial charge in [-0.3, -0.25) is 9.79 Å². The molecular formula is C20H36IN5O3. The third-order valence-corrected chi connectivity index (χ3v) is 4.04. The normalized spacial score (nSPS) is 11.0. The van der Waals surface area contributed by atoms with Gasteiger partial charge in [0.05, 0.1) is 13.7 Å². The maximum absolute atomic E-state index is 12.1. The van der Waals surface area contributed by atoms with Gasteiger partial charge >= 0.3 is 0 Å². The molecule has 0 radical (unpaired) electrons. The number of benzene rings is 1. The number of nitrogens with one attached hydrogen (secondary N) is 3. The number of rotatable bonds is 13. The van der Waals surface area contributed by atoms with Crippen molar-refractivity contribution < 1.29 is 14.3 Å². The second-order valence-electron chi connectivity index (χ2n) is 6.32. The molecule has 3 N–H and O–H groups in total. The summed E-state index contributed by atoms with van der Waals surface area (Å²) in [7, 11) is 5.40. The molecule has 0 fully saturated rings. The monoisotopic (exact) mass is 521 g/mol. The molecule has 0 saturated heterocycles. The highest BCUT2D eigenvalue weighted by molar-refractivity contribution is 14.0. The zero-order chi connectivity index (χ0) is 20.6. The molecule has 1 rings (SSSR count). The van der Waals surface area contributed by atoms with E-state index in [-0.39, 0.29) is 29.9 Å². The van der Waals surface area contributed by atoms with Crippen LogP contribution in [0.15, 0.2) is 29.3 Å². The fourth-order valence-electron chi connectivity index (χ4n) is 2.47. The Morgan fingerprint density at radius 2 is 1.76 bits per heavy atom. The molecule has 0 spiro atoms. The molecule has 29 heavy (non-hydrogen) atoms.